The van der Waals surface area contributed by atoms with Crippen LogP contribution in [0.15, 0.2) is 58.5 Å². The van der Waals surface area contributed by atoms with Crippen molar-refractivity contribution in [1.82, 2.24) is 20.2 Å². The third kappa shape index (κ3) is 4.46. The topological polar surface area (TPSA) is 102 Å². The molecule has 0 bridgehead atoms. The van der Waals surface area contributed by atoms with Gasteiger partial charge in [0.05, 0.1) is 29.0 Å². The lowest BCUT2D eigenvalue weighted by Gasteiger charge is -2.17. The highest BCUT2D eigenvalue weighted by Crippen LogP contribution is 2.29. The second-order valence-electron chi connectivity index (χ2n) is 6.33. The summed E-state index contributed by atoms with van der Waals surface area (Å²) in [6.07, 6.45) is 0. The molecule has 1 aromatic heterocycles. The van der Waals surface area contributed by atoms with E-state index in [0.29, 0.717) is 34.0 Å². The fraction of sp³-hybridized carbons (Fsp3) is 0.238. The van der Waals surface area contributed by atoms with Crippen LogP contribution in [0.5, 0.6) is 5.75 Å². The van der Waals surface area contributed by atoms with Gasteiger partial charge >= 0.3 is 6.03 Å². The maximum absolute atomic E-state index is 13.3. The number of rotatable bonds is 6. The first kappa shape index (κ1) is 21.4. The van der Waals surface area contributed by atoms with Gasteiger partial charge in [0.15, 0.2) is 5.16 Å². The maximum atomic E-state index is 13.3. The van der Waals surface area contributed by atoms with Crippen molar-refractivity contribution >= 4 is 34.6 Å². The van der Waals surface area contributed by atoms with E-state index in [0.717, 1.165) is 11.8 Å². The molecule has 0 aliphatic heterocycles. The Hall–Kier alpha value is -3.33. The predicted molar refractivity (Wildman–Crippen MR) is 116 cm³/mol. The molecule has 1 heterocycles. The average Bonchev–Trinajstić information content (AvgIpc) is 2.74. The number of hydrogen-bond donors (Lipinski definition) is 2. The van der Waals surface area contributed by atoms with Gasteiger partial charge in [-0.1, -0.05) is 36.0 Å². The van der Waals surface area contributed by atoms with Crippen molar-refractivity contribution in [2.24, 2.45) is 0 Å². The van der Waals surface area contributed by atoms with Crippen LogP contribution in [0.1, 0.15) is 13.8 Å². The van der Waals surface area contributed by atoms with Gasteiger partial charge in [0.1, 0.15) is 5.75 Å². The number of urea groups is 1. The summed E-state index contributed by atoms with van der Waals surface area (Å²) in [6.45, 7) is 3.81. The Morgan fingerprint density at radius 1 is 1.17 bits per heavy atom. The van der Waals surface area contributed by atoms with E-state index < -0.39 is 17.2 Å². The lowest BCUT2D eigenvalue weighted by Crippen LogP contribution is -2.42. The molecule has 156 valence electrons. The van der Waals surface area contributed by atoms with Gasteiger partial charge in [-0.3, -0.25) is 19.5 Å². The zero-order chi connectivity index (χ0) is 21.7. The Kier molecular flexibility index (Phi) is 6.73. The van der Waals surface area contributed by atoms with Gasteiger partial charge in [-0.15, -0.1) is 0 Å². The van der Waals surface area contributed by atoms with Crippen LogP contribution >= 0.6 is 11.8 Å². The summed E-state index contributed by atoms with van der Waals surface area (Å²) in [5.41, 5.74) is 0.763. The van der Waals surface area contributed by atoms with Gasteiger partial charge in [0, 0.05) is 6.54 Å². The standard InChI is InChI=1S/C21H22N4O4S/c1-4-22-20(28)24-18(26)13(2)30-21-23-15-10-6-5-9-14(15)19(27)25(21)16-11-7-8-12-17(16)29-3/h5-13H,4H2,1-3H3,(H2,22,24,26,28). The van der Waals surface area contributed by atoms with Gasteiger partial charge in [-0.05, 0) is 38.1 Å². The molecule has 9 heteroatoms. The number of fused-ring (bicyclic) bond motifs is 1. The number of nitrogens with one attached hydrogen (secondary N) is 2. The molecule has 0 saturated heterocycles. The number of nitrogens with zero attached hydrogens (tertiary/aromatic N) is 2. The summed E-state index contributed by atoms with van der Waals surface area (Å²) >= 11 is 1.09. The normalized spacial score (nSPS) is 11.7. The minimum Gasteiger partial charge on any atom is -0.495 e. The second-order valence-corrected chi connectivity index (χ2v) is 7.64. The molecule has 0 radical (unpaired) electrons. The van der Waals surface area contributed by atoms with Crippen molar-refractivity contribution in [1.29, 1.82) is 0 Å². The van der Waals surface area contributed by atoms with Crippen molar-refractivity contribution < 1.29 is 14.3 Å². The SMILES string of the molecule is CCNC(=O)NC(=O)C(C)Sc1nc2ccccc2c(=O)n1-c1ccccc1OC. The number of aromatic nitrogens is 2. The highest BCUT2D eigenvalue weighted by Gasteiger charge is 2.22. The van der Waals surface area contributed by atoms with E-state index in [4.69, 9.17) is 4.74 Å². The first-order valence-electron chi connectivity index (χ1n) is 9.36. The van der Waals surface area contributed by atoms with Crippen LogP contribution in [-0.2, 0) is 4.79 Å². The Balaban J connectivity index is 2.08. The van der Waals surface area contributed by atoms with Gasteiger partial charge in [-0.25, -0.2) is 9.78 Å². The quantitative estimate of drug-likeness (QED) is 0.464. The molecule has 3 rings (SSSR count). The monoisotopic (exact) mass is 426 g/mol. The third-order valence-electron chi connectivity index (χ3n) is 4.30. The highest BCUT2D eigenvalue weighted by molar-refractivity contribution is 8.00. The largest absolute Gasteiger partial charge is 0.495 e. The summed E-state index contributed by atoms with van der Waals surface area (Å²) in [4.78, 5) is 42.0. The summed E-state index contributed by atoms with van der Waals surface area (Å²) in [5.74, 6) is 0.0119. The number of methoxy groups -OCH3 is 1. The number of thioether (sulfide) groups is 1. The van der Waals surface area contributed by atoms with E-state index in [9.17, 15) is 14.4 Å². The van der Waals surface area contributed by atoms with Gasteiger partial charge < -0.3 is 10.1 Å². The smallest absolute Gasteiger partial charge is 0.321 e. The molecule has 3 aromatic rings. The fourth-order valence-corrected chi connectivity index (χ4v) is 3.77. The Morgan fingerprint density at radius 2 is 1.87 bits per heavy atom. The van der Waals surface area contributed by atoms with Crippen LogP contribution in [0, 0.1) is 0 Å². The molecule has 0 spiro atoms. The van der Waals surface area contributed by atoms with Crippen LogP contribution in [0.25, 0.3) is 16.6 Å². The number of para-hydroxylation sites is 3. The number of amides is 3. The van der Waals surface area contributed by atoms with Crippen LogP contribution in [-0.4, -0.2) is 40.4 Å². The minimum atomic E-state index is -0.679. The minimum absolute atomic E-state index is 0.274. The molecule has 3 amide bonds. The van der Waals surface area contributed by atoms with E-state index >= 15 is 0 Å². The molecule has 8 nitrogen and oxygen atoms in total. The summed E-state index contributed by atoms with van der Waals surface area (Å²) in [6, 6.07) is 13.5. The van der Waals surface area contributed by atoms with Crippen molar-refractivity contribution in [3.8, 4) is 11.4 Å². The van der Waals surface area contributed by atoms with E-state index in [2.05, 4.69) is 15.6 Å². The molecule has 0 saturated carbocycles. The van der Waals surface area contributed by atoms with E-state index in [1.807, 2.05) is 0 Å². The lowest BCUT2D eigenvalue weighted by atomic mass is 10.2. The maximum Gasteiger partial charge on any atom is 0.321 e. The molecule has 0 fully saturated rings. The van der Waals surface area contributed by atoms with E-state index in [-0.39, 0.29) is 5.56 Å². The fourth-order valence-electron chi connectivity index (χ4n) is 2.85. The van der Waals surface area contributed by atoms with Gasteiger partial charge in [-0.2, -0.15) is 0 Å². The number of imide groups is 1. The van der Waals surface area contributed by atoms with E-state index in [1.54, 1.807) is 62.4 Å². The second kappa shape index (κ2) is 9.45. The zero-order valence-corrected chi connectivity index (χ0v) is 17.7. The lowest BCUT2D eigenvalue weighted by molar-refractivity contribution is -0.119. The molecule has 1 atom stereocenters. The first-order chi connectivity index (χ1) is 14.5. The van der Waals surface area contributed by atoms with Crippen molar-refractivity contribution in [3.63, 3.8) is 0 Å². The Bertz CT molecular complexity index is 1150. The van der Waals surface area contributed by atoms with Crippen molar-refractivity contribution in [2.45, 2.75) is 24.3 Å². The molecule has 2 aromatic carbocycles. The number of carbonyl (C=O) groups excluding carboxylic acids is 2. The number of hydrogen-bond acceptors (Lipinski definition) is 6. The Labute approximate surface area is 177 Å². The number of benzene rings is 2. The van der Waals surface area contributed by atoms with Gasteiger partial charge in [0.2, 0.25) is 5.91 Å². The summed E-state index contributed by atoms with van der Waals surface area (Å²) in [5, 5.41) is 4.89. The third-order valence-corrected chi connectivity index (χ3v) is 5.35. The zero-order valence-electron chi connectivity index (χ0n) is 16.8. The van der Waals surface area contributed by atoms with Crippen molar-refractivity contribution in [3.05, 3.63) is 58.9 Å². The molecular formula is C21H22N4O4S. The highest BCUT2D eigenvalue weighted by atomic mass is 32.2. The number of carbonyl (C=O) groups is 2. The molecule has 1 unspecified atom stereocenters. The Morgan fingerprint density at radius 3 is 2.60 bits per heavy atom. The summed E-state index contributed by atoms with van der Waals surface area (Å²) < 4.78 is 6.86. The average molecular weight is 426 g/mol. The van der Waals surface area contributed by atoms with Crippen LogP contribution < -0.4 is 20.9 Å². The van der Waals surface area contributed by atoms with Gasteiger partial charge in [0.25, 0.3) is 5.56 Å². The molecule has 0 aliphatic rings. The van der Waals surface area contributed by atoms with E-state index in [1.165, 1.54) is 11.7 Å². The summed E-state index contributed by atoms with van der Waals surface area (Å²) in [7, 11) is 1.52. The predicted octanol–water partition coefficient (Wildman–Crippen LogP) is 2.72. The first-order valence-corrected chi connectivity index (χ1v) is 10.2. The number of ether oxygens (including phenoxy) is 1. The van der Waals surface area contributed by atoms with Crippen LogP contribution in [0.4, 0.5) is 4.79 Å². The molecular weight excluding hydrogens is 404 g/mol. The van der Waals surface area contributed by atoms with Crippen LogP contribution in [0.2, 0.25) is 0 Å². The molecule has 30 heavy (non-hydrogen) atoms. The molecule has 0 aliphatic carbocycles. The van der Waals surface area contributed by atoms with Crippen LogP contribution in [0.3, 0.4) is 0 Å². The van der Waals surface area contributed by atoms with Crippen molar-refractivity contribution in [2.75, 3.05) is 13.7 Å². The molecule has 2 N–H and O–H groups in total.